The number of aryl methyl sites for hydroxylation is 1. The zero-order valence-corrected chi connectivity index (χ0v) is 14.4. The Morgan fingerprint density at radius 1 is 1.26 bits per heavy atom. The van der Waals surface area contributed by atoms with Crippen molar-refractivity contribution < 1.29 is 0 Å². The van der Waals surface area contributed by atoms with Gasteiger partial charge in [0, 0.05) is 57.4 Å². The van der Waals surface area contributed by atoms with Gasteiger partial charge < -0.3 is 9.88 Å². The molecule has 0 aliphatic carbocycles. The summed E-state index contributed by atoms with van der Waals surface area (Å²) >= 11 is 6.11. The molecule has 1 aromatic carbocycles. The second-order valence-electron chi connectivity index (χ2n) is 6.68. The molecule has 4 rings (SSSR count). The fourth-order valence-electron chi connectivity index (χ4n) is 3.86. The maximum absolute atomic E-state index is 6.11. The summed E-state index contributed by atoms with van der Waals surface area (Å²) < 4.78 is 2.18. The number of imidazole rings is 1. The summed E-state index contributed by atoms with van der Waals surface area (Å²) in [7, 11) is 2.09. The predicted octanol–water partition coefficient (Wildman–Crippen LogP) is 1.71. The Bertz CT molecular complexity index is 692. The summed E-state index contributed by atoms with van der Waals surface area (Å²) in [5, 5.41) is 4.21. The van der Waals surface area contributed by atoms with Crippen molar-refractivity contribution in [1.82, 2.24) is 24.7 Å². The standard InChI is InChI=1S/C17H24ClN5/c1-21-16-10-13(18)2-3-15(16)20-17(21)12-22-7-4-14(11-22)23-8-5-19-6-9-23/h2-3,10,14,19H,4-9,11-12H2,1H3. The minimum atomic E-state index is 0.709. The first kappa shape index (κ1) is 15.4. The fourth-order valence-corrected chi connectivity index (χ4v) is 4.02. The monoisotopic (exact) mass is 333 g/mol. The van der Waals surface area contributed by atoms with Crippen molar-refractivity contribution in [1.29, 1.82) is 0 Å². The Hall–Kier alpha value is -1.14. The smallest absolute Gasteiger partial charge is 0.123 e. The van der Waals surface area contributed by atoms with Gasteiger partial charge >= 0.3 is 0 Å². The molecule has 6 heteroatoms. The topological polar surface area (TPSA) is 36.3 Å². The average Bonchev–Trinajstić information content (AvgIpc) is 3.15. The van der Waals surface area contributed by atoms with Crippen LogP contribution in [-0.2, 0) is 13.6 Å². The average molecular weight is 334 g/mol. The SMILES string of the molecule is Cn1c(CN2CCC(N3CCNCC3)C2)nc2ccc(Cl)cc21. The molecule has 124 valence electrons. The Morgan fingerprint density at radius 3 is 2.91 bits per heavy atom. The molecule has 2 saturated heterocycles. The molecule has 2 aliphatic rings. The van der Waals surface area contributed by atoms with Crippen LogP contribution in [-0.4, -0.2) is 64.7 Å². The molecule has 3 heterocycles. The number of halogens is 1. The number of hydrogen-bond donors (Lipinski definition) is 1. The third-order valence-corrected chi connectivity index (χ3v) is 5.45. The lowest BCUT2D eigenvalue weighted by molar-refractivity contribution is 0.169. The maximum atomic E-state index is 6.11. The predicted molar refractivity (Wildman–Crippen MR) is 93.8 cm³/mol. The fraction of sp³-hybridized carbons (Fsp3) is 0.588. The lowest BCUT2D eigenvalue weighted by atomic mass is 10.2. The highest BCUT2D eigenvalue weighted by molar-refractivity contribution is 6.31. The first-order valence-electron chi connectivity index (χ1n) is 8.49. The molecule has 5 nitrogen and oxygen atoms in total. The van der Waals surface area contributed by atoms with Crippen LogP contribution in [0.5, 0.6) is 0 Å². The van der Waals surface area contributed by atoms with Gasteiger partial charge in [-0.3, -0.25) is 9.80 Å². The lowest BCUT2D eigenvalue weighted by Crippen LogP contribution is -2.49. The van der Waals surface area contributed by atoms with Gasteiger partial charge in [-0.25, -0.2) is 4.98 Å². The first-order valence-corrected chi connectivity index (χ1v) is 8.86. The number of rotatable bonds is 3. The van der Waals surface area contributed by atoms with Crippen molar-refractivity contribution in [2.24, 2.45) is 7.05 Å². The van der Waals surface area contributed by atoms with Crippen LogP contribution in [0.1, 0.15) is 12.2 Å². The van der Waals surface area contributed by atoms with E-state index in [4.69, 9.17) is 16.6 Å². The van der Waals surface area contributed by atoms with E-state index in [9.17, 15) is 0 Å². The molecule has 1 atom stereocenters. The third kappa shape index (κ3) is 3.11. The van der Waals surface area contributed by atoms with Crippen LogP contribution in [0.4, 0.5) is 0 Å². The number of nitrogens with one attached hydrogen (secondary N) is 1. The molecule has 0 radical (unpaired) electrons. The number of hydrogen-bond acceptors (Lipinski definition) is 4. The van der Waals surface area contributed by atoms with Crippen LogP contribution in [0.2, 0.25) is 5.02 Å². The maximum Gasteiger partial charge on any atom is 0.123 e. The second-order valence-corrected chi connectivity index (χ2v) is 7.12. The van der Waals surface area contributed by atoms with Gasteiger partial charge in [0.1, 0.15) is 5.82 Å². The van der Waals surface area contributed by atoms with Gasteiger partial charge in [-0.15, -0.1) is 0 Å². The van der Waals surface area contributed by atoms with Crippen molar-refractivity contribution in [2.75, 3.05) is 39.3 Å². The van der Waals surface area contributed by atoms with E-state index in [2.05, 4.69) is 26.7 Å². The molecule has 0 saturated carbocycles. The Balaban J connectivity index is 1.45. The van der Waals surface area contributed by atoms with Crippen molar-refractivity contribution in [2.45, 2.75) is 19.0 Å². The highest BCUT2D eigenvalue weighted by atomic mass is 35.5. The van der Waals surface area contributed by atoms with Crippen molar-refractivity contribution >= 4 is 22.6 Å². The normalized spacial score (nSPS) is 23.8. The molecular formula is C17H24ClN5. The van der Waals surface area contributed by atoms with Crippen molar-refractivity contribution in [3.8, 4) is 0 Å². The van der Waals surface area contributed by atoms with Crippen LogP contribution < -0.4 is 5.32 Å². The summed E-state index contributed by atoms with van der Waals surface area (Å²) in [6, 6.07) is 6.63. The molecule has 0 amide bonds. The number of nitrogens with zero attached hydrogens (tertiary/aromatic N) is 4. The summed E-state index contributed by atoms with van der Waals surface area (Å²) in [6.07, 6.45) is 1.27. The van der Waals surface area contributed by atoms with E-state index in [1.807, 2.05) is 18.2 Å². The highest BCUT2D eigenvalue weighted by Gasteiger charge is 2.29. The van der Waals surface area contributed by atoms with E-state index in [0.717, 1.165) is 48.1 Å². The van der Waals surface area contributed by atoms with E-state index in [-0.39, 0.29) is 0 Å². The van der Waals surface area contributed by atoms with Gasteiger partial charge in [-0.1, -0.05) is 11.6 Å². The molecule has 2 aromatic rings. The van der Waals surface area contributed by atoms with E-state index < -0.39 is 0 Å². The first-order chi connectivity index (χ1) is 11.2. The van der Waals surface area contributed by atoms with E-state index in [1.54, 1.807) is 0 Å². The number of piperazine rings is 1. The summed E-state index contributed by atoms with van der Waals surface area (Å²) in [4.78, 5) is 9.97. The highest BCUT2D eigenvalue weighted by Crippen LogP contribution is 2.22. The largest absolute Gasteiger partial charge is 0.330 e. The summed E-state index contributed by atoms with van der Waals surface area (Å²) in [5.74, 6) is 1.13. The summed E-state index contributed by atoms with van der Waals surface area (Å²) in [6.45, 7) is 7.87. The van der Waals surface area contributed by atoms with Gasteiger partial charge in [0.15, 0.2) is 0 Å². The van der Waals surface area contributed by atoms with Gasteiger partial charge in [0.05, 0.1) is 17.6 Å². The third-order valence-electron chi connectivity index (χ3n) is 5.22. The van der Waals surface area contributed by atoms with Gasteiger partial charge in [0.25, 0.3) is 0 Å². The van der Waals surface area contributed by atoms with Crippen molar-refractivity contribution in [3.05, 3.63) is 29.0 Å². The lowest BCUT2D eigenvalue weighted by Gasteiger charge is -2.32. The van der Waals surface area contributed by atoms with E-state index in [1.165, 1.54) is 26.1 Å². The molecule has 1 N–H and O–H groups in total. The number of fused-ring (bicyclic) bond motifs is 1. The van der Waals surface area contributed by atoms with Crippen LogP contribution >= 0.6 is 11.6 Å². The molecule has 0 spiro atoms. The minimum absolute atomic E-state index is 0.709. The Morgan fingerprint density at radius 2 is 2.09 bits per heavy atom. The number of likely N-dealkylation sites (tertiary alicyclic amines) is 1. The van der Waals surface area contributed by atoms with Crippen LogP contribution in [0, 0.1) is 0 Å². The van der Waals surface area contributed by atoms with Crippen LogP contribution in [0.15, 0.2) is 18.2 Å². The minimum Gasteiger partial charge on any atom is -0.330 e. The van der Waals surface area contributed by atoms with E-state index >= 15 is 0 Å². The zero-order valence-electron chi connectivity index (χ0n) is 13.6. The van der Waals surface area contributed by atoms with Gasteiger partial charge in [0.2, 0.25) is 0 Å². The Kier molecular flexibility index (Phi) is 4.28. The molecule has 2 aliphatic heterocycles. The van der Waals surface area contributed by atoms with Gasteiger partial charge in [-0.05, 0) is 24.6 Å². The van der Waals surface area contributed by atoms with Crippen LogP contribution in [0.3, 0.4) is 0 Å². The van der Waals surface area contributed by atoms with Gasteiger partial charge in [-0.2, -0.15) is 0 Å². The van der Waals surface area contributed by atoms with Crippen molar-refractivity contribution in [3.63, 3.8) is 0 Å². The molecule has 1 aromatic heterocycles. The quantitative estimate of drug-likeness (QED) is 0.927. The molecule has 0 bridgehead atoms. The van der Waals surface area contributed by atoms with Crippen LogP contribution in [0.25, 0.3) is 11.0 Å². The zero-order chi connectivity index (χ0) is 15.8. The molecular weight excluding hydrogens is 310 g/mol. The molecule has 1 unspecified atom stereocenters. The van der Waals surface area contributed by atoms with E-state index in [0.29, 0.717) is 6.04 Å². The molecule has 23 heavy (non-hydrogen) atoms. The molecule has 2 fully saturated rings. The second kappa shape index (κ2) is 6.40. The summed E-state index contributed by atoms with van der Waals surface area (Å²) in [5.41, 5.74) is 2.15. The number of aromatic nitrogens is 2. The Labute approximate surface area is 142 Å². The number of benzene rings is 1.